The summed E-state index contributed by atoms with van der Waals surface area (Å²) in [6.45, 7) is 4.05. The summed E-state index contributed by atoms with van der Waals surface area (Å²) in [4.78, 5) is 11.2. The predicted molar refractivity (Wildman–Crippen MR) is 65.5 cm³/mol. The van der Waals surface area contributed by atoms with Gasteiger partial charge in [0.15, 0.2) is 0 Å². The summed E-state index contributed by atoms with van der Waals surface area (Å²) in [6, 6.07) is 9.32. The monoisotopic (exact) mass is 237 g/mol. The number of hydrogen-bond donors (Lipinski definition) is 2. The van der Waals surface area contributed by atoms with Gasteiger partial charge in [-0.2, -0.15) is 0 Å². The van der Waals surface area contributed by atoms with Gasteiger partial charge in [-0.1, -0.05) is 30.3 Å². The van der Waals surface area contributed by atoms with E-state index < -0.39 is 6.10 Å². The van der Waals surface area contributed by atoms with Gasteiger partial charge in [0.25, 0.3) is 0 Å². The number of benzene rings is 1. The number of aliphatic hydroxyl groups excluding tert-OH is 1. The molecule has 0 aliphatic rings. The third kappa shape index (κ3) is 5.47. The van der Waals surface area contributed by atoms with E-state index >= 15 is 0 Å². The first-order chi connectivity index (χ1) is 8.09. The van der Waals surface area contributed by atoms with E-state index in [0.29, 0.717) is 6.54 Å². The second-order valence-corrected chi connectivity index (χ2v) is 4.10. The molecule has 0 spiro atoms. The van der Waals surface area contributed by atoms with Crippen LogP contribution >= 0.6 is 0 Å². The smallest absolute Gasteiger partial charge is 0.320 e. The van der Waals surface area contributed by atoms with E-state index in [1.54, 1.807) is 13.8 Å². The molecule has 0 amide bonds. The van der Waals surface area contributed by atoms with Crippen molar-refractivity contribution in [1.82, 2.24) is 5.32 Å². The first-order valence-corrected chi connectivity index (χ1v) is 5.73. The number of aliphatic hydroxyl groups is 1. The normalized spacial score (nSPS) is 12.5. The number of hydrogen-bond acceptors (Lipinski definition) is 4. The van der Waals surface area contributed by atoms with Gasteiger partial charge < -0.3 is 15.2 Å². The van der Waals surface area contributed by atoms with Crippen molar-refractivity contribution in [3.63, 3.8) is 0 Å². The average molecular weight is 237 g/mol. The van der Waals surface area contributed by atoms with Gasteiger partial charge in [-0.15, -0.1) is 0 Å². The maximum Gasteiger partial charge on any atom is 0.320 e. The molecule has 0 aromatic heterocycles. The Bertz CT molecular complexity index is 338. The van der Waals surface area contributed by atoms with Gasteiger partial charge in [0.05, 0.1) is 18.8 Å². The molecule has 1 atom stereocenters. The van der Waals surface area contributed by atoms with Gasteiger partial charge in [0.1, 0.15) is 0 Å². The Labute approximate surface area is 102 Å². The Morgan fingerprint density at radius 3 is 2.59 bits per heavy atom. The van der Waals surface area contributed by atoms with Crippen molar-refractivity contribution in [3.05, 3.63) is 35.9 Å². The Morgan fingerprint density at radius 2 is 2.00 bits per heavy atom. The Balaban J connectivity index is 2.25. The van der Waals surface area contributed by atoms with Gasteiger partial charge in [-0.3, -0.25) is 4.79 Å². The van der Waals surface area contributed by atoms with Crippen LogP contribution in [0.5, 0.6) is 0 Å². The van der Waals surface area contributed by atoms with Crippen molar-refractivity contribution in [1.29, 1.82) is 0 Å². The van der Waals surface area contributed by atoms with Gasteiger partial charge in [-0.05, 0) is 19.4 Å². The molecule has 0 fully saturated rings. The molecule has 1 unspecified atom stereocenters. The van der Waals surface area contributed by atoms with Crippen molar-refractivity contribution in [2.75, 3.05) is 13.1 Å². The number of nitrogens with one attached hydrogen (secondary N) is 1. The average Bonchev–Trinajstić information content (AvgIpc) is 2.29. The largest absolute Gasteiger partial charge is 0.462 e. The Hall–Kier alpha value is -1.39. The van der Waals surface area contributed by atoms with Crippen molar-refractivity contribution >= 4 is 5.97 Å². The molecular formula is C13H19NO3. The topological polar surface area (TPSA) is 58.6 Å². The Kier molecular flexibility index (Phi) is 5.66. The molecule has 2 N–H and O–H groups in total. The summed E-state index contributed by atoms with van der Waals surface area (Å²) in [5, 5.41) is 12.7. The third-order valence-corrected chi connectivity index (χ3v) is 2.16. The van der Waals surface area contributed by atoms with E-state index in [-0.39, 0.29) is 18.6 Å². The summed E-state index contributed by atoms with van der Waals surface area (Å²) in [5.74, 6) is -0.305. The molecule has 0 radical (unpaired) electrons. The number of ether oxygens (including phenoxy) is 1. The van der Waals surface area contributed by atoms with E-state index in [2.05, 4.69) is 5.32 Å². The molecular weight excluding hydrogens is 218 g/mol. The number of esters is 1. The van der Waals surface area contributed by atoms with Gasteiger partial charge in [0.2, 0.25) is 0 Å². The minimum atomic E-state index is -0.608. The highest BCUT2D eigenvalue weighted by Crippen LogP contribution is 2.10. The fourth-order valence-electron chi connectivity index (χ4n) is 1.41. The molecule has 0 saturated heterocycles. The van der Waals surface area contributed by atoms with Crippen molar-refractivity contribution in [2.24, 2.45) is 0 Å². The maximum atomic E-state index is 11.2. The van der Waals surface area contributed by atoms with Crippen LogP contribution in [0.2, 0.25) is 0 Å². The zero-order chi connectivity index (χ0) is 12.7. The highest BCUT2D eigenvalue weighted by atomic mass is 16.5. The summed E-state index contributed by atoms with van der Waals surface area (Å²) in [6.07, 6.45) is -0.716. The summed E-state index contributed by atoms with van der Waals surface area (Å²) in [7, 11) is 0. The van der Waals surface area contributed by atoms with Crippen LogP contribution in [-0.4, -0.2) is 30.3 Å². The highest BCUT2D eigenvalue weighted by molar-refractivity contribution is 5.71. The zero-order valence-corrected chi connectivity index (χ0v) is 10.2. The number of carbonyl (C=O) groups excluding carboxylic acids is 1. The van der Waals surface area contributed by atoms with E-state index in [9.17, 15) is 9.90 Å². The molecule has 0 saturated carbocycles. The molecule has 0 bridgehead atoms. The SMILES string of the molecule is CC(C)OC(=O)CNCC(O)c1ccccc1. The van der Waals surface area contributed by atoms with E-state index in [0.717, 1.165) is 5.56 Å². The Morgan fingerprint density at radius 1 is 1.35 bits per heavy atom. The summed E-state index contributed by atoms with van der Waals surface area (Å²) >= 11 is 0. The van der Waals surface area contributed by atoms with Crippen LogP contribution in [0.25, 0.3) is 0 Å². The van der Waals surface area contributed by atoms with Gasteiger partial charge in [0, 0.05) is 6.54 Å². The fraction of sp³-hybridized carbons (Fsp3) is 0.462. The molecule has 1 rings (SSSR count). The number of carbonyl (C=O) groups is 1. The minimum Gasteiger partial charge on any atom is -0.462 e. The second kappa shape index (κ2) is 7.04. The van der Waals surface area contributed by atoms with E-state index in [4.69, 9.17) is 4.74 Å². The molecule has 1 aromatic rings. The predicted octanol–water partition coefficient (Wildman–Crippen LogP) is 1.26. The standard InChI is InChI=1S/C13H19NO3/c1-10(2)17-13(16)9-14-8-12(15)11-6-4-3-5-7-11/h3-7,10,12,14-15H,8-9H2,1-2H3. The lowest BCUT2D eigenvalue weighted by molar-refractivity contribution is -0.146. The van der Waals surface area contributed by atoms with Crippen molar-refractivity contribution < 1.29 is 14.6 Å². The van der Waals surface area contributed by atoms with Gasteiger partial charge in [-0.25, -0.2) is 0 Å². The highest BCUT2D eigenvalue weighted by Gasteiger charge is 2.08. The minimum absolute atomic E-state index is 0.108. The van der Waals surface area contributed by atoms with Gasteiger partial charge >= 0.3 is 5.97 Å². The van der Waals surface area contributed by atoms with Crippen LogP contribution in [-0.2, 0) is 9.53 Å². The lowest BCUT2D eigenvalue weighted by Crippen LogP contribution is -2.30. The molecule has 4 heteroatoms. The summed E-state index contributed by atoms with van der Waals surface area (Å²) < 4.78 is 4.95. The molecule has 1 aromatic carbocycles. The number of rotatable bonds is 6. The van der Waals surface area contributed by atoms with E-state index in [1.165, 1.54) is 0 Å². The zero-order valence-electron chi connectivity index (χ0n) is 10.2. The first-order valence-electron chi connectivity index (χ1n) is 5.73. The lowest BCUT2D eigenvalue weighted by atomic mass is 10.1. The van der Waals surface area contributed by atoms with Crippen LogP contribution in [0, 0.1) is 0 Å². The van der Waals surface area contributed by atoms with Crippen LogP contribution in [0.3, 0.4) is 0 Å². The molecule has 17 heavy (non-hydrogen) atoms. The molecule has 94 valence electrons. The first kappa shape index (κ1) is 13.7. The van der Waals surface area contributed by atoms with Crippen LogP contribution in [0.1, 0.15) is 25.5 Å². The molecule has 0 heterocycles. The van der Waals surface area contributed by atoms with Crippen molar-refractivity contribution in [2.45, 2.75) is 26.1 Å². The van der Waals surface area contributed by atoms with Crippen LogP contribution in [0.4, 0.5) is 0 Å². The lowest BCUT2D eigenvalue weighted by Gasteiger charge is -2.12. The molecule has 4 nitrogen and oxygen atoms in total. The van der Waals surface area contributed by atoms with E-state index in [1.807, 2.05) is 30.3 Å². The molecule has 0 aliphatic carbocycles. The third-order valence-electron chi connectivity index (χ3n) is 2.16. The van der Waals surface area contributed by atoms with Crippen LogP contribution < -0.4 is 5.32 Å². The maximum absolute atomic E-state index is 11.2. The van der Waals surface area contributed by atoms with Crippen LogP contribution in [0.15, 0.2) is 30.3 Å². The molecule has 0 aliphatic heterocycles. The quantitative estimate of drug-likeness (QED) is 0.731. The summed E-state index contributed by atoms with van der Waals surface area (Å²) in [5.41, 5.74) is 0.831. The van der Waals surface area contributed by atoms with Crippen molar-refractivity contribution in [3.8, 4) is 0 Å². The fourth-order valence-corrected chi connectivity index (χ4v) is 1.41. The second-order valence-electron chi connectivity index (χ2n) is 4.10.